The zero-order valence-electron chi connectivity index (χ0n) is 16.0. The number of nitrogens with one attached hydrogen (secondary N) is 1. The van der Waals surface area contributed by atoms with Crippen LogP contribution >= 0.6 is 0 Å². The van der Waals surface area contributed by atoms with Crippen LogP contribution in [-0.4, -0.2) is 47.4 Å². The van der Waals surface area contributed by atoms with Crippen LogP contribution in [0, 0.1) is 5.92 Å². The maximum absolute atomic E-state index is 12.6. The number of carbonyl (C=O) groups is 1. The Morgan fingerprint density at radius 1 is 1.03 bits per heavy atom. The maximum Gasteiger partial charge on any atom is 0.238 e. The average Bonchev–Trinajstić information content (AvgIpc) is 3.29. The van der Waals surface area contributed by atoms with Gasteiger partial charge in [0.15, 0.2) is 11.6 Å². The molecule has 30 heavy (non-hydrogen) atoms. The second-order valence-corrected chi connectivity index (χ2v) is 8.58. The van der Waals surface area contributed by atoms with Crippen molar-refractivity contribution in [1.29, 1.82) is 0 Å². The van der Waals surface area contributed by atoms with E-state index in [9.17, 15) is 13.2 Å². The van der Waals surface area contributed by atoms with Crippen molar-refractivity contribution in [2.75, 3.05) is 23.3 Å². The van der Waals surface area contributed by atoms with Gasteiger partial charge in [0.2, 0.25) is 15.9 Å². The lowest BCUT2D eigenvalue weighted by Crippen LogP contribution is -2.38. The summed E-state index contributed by atoms with van der Waals surface area (Å²) in [5.41, 5.74) is 0.537. The van der Waals surface area contributed by atoms with E-state index < -0.39 is 10.0 Å². The van der Waals surface area contributed by atoms with Crippen molar-refractivity contribution in [2.45, 2.75) is 17.7 Å². The standard InChI is InChI=1S/C19H21N7O3S/c20-30(28,29)16-4-2-15(3-5-16)22-19(27)14-8-12-25(13-9-14)17-6-7-18(24-23-17)26-11-1-10-21-26/h1-7,10-11,14H,8-9,12-13H2,(H,22,27)(H2,20,28,29). The first kappa shape index (κ1) is 20.0. The van der Waals surface area contributed by atoms with E-state index in [4.69, 9.17) is 5.14 Å². The molecule has 10 nitrogen and oxygen atoms in total. The largest absolute Gasteiger partial charge is 0.355 e. The number of amides is 1. The minimum Gasteiger partial charge on any atom is -0.355 e. The Kier molecular flexibility index (Phi) is 5.46. The van der Waals surface area contributed by atoms with Gasteiger partial charge in [-0.25, -0.2) is 18.2 Å². The van der Waals surface area contributed by atoms with E-state index in [2.05, 4.69) is 25.5 Å². The Balaban J connectivity index is 1.32. The average molecular weight is 427 g/mol. The third-order valence-electron chi connectivity index (χ3n) is 5.02. The van der Waals surface area contributed by atoms with Gasteiger partial charge in [0, 0.05) is 37.1 Å². The van der Waals surface area contributed by atoms with Crippen LogP contribution in [0.3, 0.4) is 0 Å². The summed E-state index contributed by atoms with van der Waals surface area (Å²) in [6.45, 7) is 1.39. The molecule has 0 bridgehead atoms. The molecule has 1 aliphatic heterocycles. The summed E-state index contributed by atoms with van der Waals surface area (Å²) in [5, 5.41) is 20.5. The number of nitrogens with zero attached hydrogens (tertiary/aromatic N) is 5. The number of benzene rings is 1. The molecule has 3 heterocycles. The molecule has 0 atom stereocenters. The topological polar surface area (TPSA) is 136 Å². The number of nitrogens with two attached hydrogens (primary N) is 1. The third kappa shape index (κ3) is 4.47. The smallest absolute Gasteiger partial charge is 0.238 e. The lowest BCUT2D eigenvalue weighted by molar-refractivity contribution is -0.120. The van der Waals surface area contributed by atoms with Gasteiger partial charge in [0.25, 0.3) is 0 Å². The zero-order chi connectivity index (χ0) is 21.1. The van der Waals surface area contributed by atoms with Crippen LogP contribution in [0.2, 0.25) is 0 Å². The molecule has 0 unspecified atom stereocenters. The van der Waals surface area contributed by atoms with Gasteiger partial charge < -0.3 is 10.2 Å². The van der Waals surface area contributed by atoms with Gasteiger partial charge in [-0.2, -0.15) is 5.10 Å². The van der Waals surface area contributed by atoms with Gasteiger partial charge in [-0.15, -0.1) is 10.2 Å². The molecule has 0 saturated carbocycles. The Bertz CT molecular complexity index is 1110. The number of sulfonamides is 1. The predicted molar refractivity (Wildman–Crippen MR) is 111 cm³/mol. The number of carbonyl (C=O) groups excluding carboxylic acids is 1. The number of anilines is 2. The fourth-order valence-electron chi connectivity index (χ4n) is 3.36. The highest BCUT2D eigenvalue weighted by atomic mass is 32.2. The first-order chi connectivity index (χ1) is 14.4. The van der Waals surface area contributed by atoms with Gasteiger partial charge in [-0.05, 0) is 55.3 Å². The van der Waals surface area contributed by atoms with E-state index in [-0.39, 0.29) is 16.7 Å². The number of aromatic nitrogens is 4. The normalized spacial score (nSPS) is 15.2. The number of piperidine rings is 1. The molecule has 1 aromatic carbocycles. The monoisotopic (exact) mass is 427 g/mol. The fraction of sp³-hybridized carbons (Fsp3) is 0.263. The number of hydrogen-bond acceptors (Lipinski definition) is 7. The Morgan fingerprint density at radius 3 is 2.27 bits per heavy atom. The SMILES string of the molecule is NS(=O)(=O)c1ccc(NC(=O)C2CCN(c3ccc(-n4cccn4)nn3)CC2)cc1. The Labute approximate surface area is 173 Å². The molecule has 1 aliphatic rings. The van der Waals surface area contributed by atoms with Gasteiger partial charge in [-0.3, -0.25) is 4.79 Å². The second-order valence-electron chi connectivity index (χ2n) is 7.02. The van der Waals surface area contributed by atoms with Crippen molar-refractivity contribution in [2.24, 2.45) is 11.1 Å². The Morgan fingerprint density at radius 2 is 1.70 bits per heavy atom. The van der Waals surface area contributed by atoms with Crippen LogP contribution in [-0.2, 0) is 14.8 Å². The summed E-state index contributed by atoms with van der Waals surface area (Å²) in [6.07, 6.45) is 4.85. The lowest BCUT2D eigenvalue weighted by atomic mass is 9.96. The zero-order valence-corrected chi connectivity index (χ0v) is 16.9. The van der Waals surface area contributed by atoms with Crippen molar-refractivity contribution in [3.63, 3.8) is 0 Å². The van der Waals surface area contributed by atoms with E-state index in [1.54, 1.807) is 17.1 Å². The van der Waals surface area contributed by atoms with Gasteiger partial charge in [-0.1, -0.05) is 0 Å². The van der Waals surface area contributed by atoms with Crippen molar-refractivity contribution in [1.82, 2.24) is 20.0 Å². The van der Waals surface area contributed by atoms with E-state index in [0.29, 0.717) is 37.4 Å². The molecule has 4 rings (SSSR count). The molecule has 3 N–H and O–H groups in total. The highest BCUT2D eigenvalue weighted by Gasteiger charge is 2.26. The highest BCUT2D eigenvalue weighted by molar-refractivity contribution is 7.89. The second kappa shape index (κ2) is 8.20. The summed E-state index contributed by atoms with van der Waals surface area (Å²) in [5.74, 6) is 1.20. The summed E-state index contributed by atoms with van der Waals surface area (Å²) in [4.78, 5) is 14.7. The van der Waals surface area contributed by atoms with Crippen molar-refractivity contribution in [3.8, 4) is 5.82 Å². The molecule has 0 radical (unpaired) electrons. The quantitative estimate of drug-likeness (QED) is 0.623. The molecule has 0 spiro atoms. The Hall–Kier alpha value is -3.31. The molecule has 1 saturated heterocycles. The minimum absolute atomic E-state index is 0.00786. The first-order valence-electron chi connectivity index (χ1n) is 9.42. The van der Waals surface area contributed by atoms with Crippen molar-refractivity contribution >= 4 is 27.4 Å². The number of rotatable bonds is 5. The van der Waals surface area contributed by atoms with E-state index >= 15 is 0 Å². The summed E-state index contributed by atoms with van der Waals surface area (Å²) < 4.78 is 24.3. The molecule has 0 aliphatic carbocycles. The van der Waals surface area contributed by atoms with Crippen LogP contribution in [0.5, 0.6) is 0 Å². The predicted octanol–water partition coefficient (Wildman–Crippen LogP) is 1.16. The van der Waals surface area contributed by atoms with Crippen LogP contribution in [0.4, 0.5) is 11.5 Å². The summed E-state index contributed by atoms with van der Waals surface area (Å²) in [6, 6.07) is 11.4. The lowest BCUT2D eigenvalue weighted by Gasteiger charge is -2.31. The molecule has 1 fully saturated rings. The van der Waals surface area contributed by atoms with Crippen molar-refractivity contribution in [3.05, 3.63) is 54.9 Å². The van der Waals surface area contributed by atoms with Gasteiger partial charge in [0.1, 0.15) is 0 Å². The first-order valence-corrected chi connectivity index (χ1v) is 11.0. The van der Waals surface area contributed by atoms with Crippen molar-refractivity contribution < 1.29 is 13.2 Å². The fourth-order valence-corrected chi connectivity index (χ4v) is 3.87. The summed E-state index contributed by atoms with van der Waals surface area (Å²) in [7, 11) is -3.75. The minimum atomic E-state index is -3.75. The molecule has 156 valence electrons. The number of hydrogen-bond donors (Lipinski definition) is 2. The van der Waals surface area contributed by atoms with E-state index in [1.807, 2.05) is 18.2 Å². The third-order valence-corrected chi connectivity index (χ3v) is 5.94. The van der Waals surface area contributed by atoms with Crippen LogP contribution in [0.15, 0.2) is 59.8 Å². The molecular weight excluding hydrogens is 406 g/mol. The maximum atomic E-state index is 12.6. The van der Waals surface area contributed by atoms with Crippen LogP contribution < -0.4 is 15.4 Å². The highest BCUT2D eigenvalue weighted by Crippen LogP contribution is 2.23. The molecular formula is C19H21N7O3S. The van der Waals surface area contributed by atoms with Crippen LogP contribution in [0.1, 0.15) is 12.8 Å². The van der Waals surface area contributed by atoms with E-state index in [0.717, 1.165) is 5.82 Å². The van der Waals surface area contributed by atoms with Crippen LogP contribution in [0.25, 0.3) is 5.82 Å². The molecule has 2 aromatic heterocycles. The van der Waals surface area contributed by atoms with Gasteiger partial charge >= 0.3 is 0 Å². The molecule has 1 amide bonds. The molecule has 3 aromatic rings. The molecule has 11 heteroatoms. The number of primary sulfonamides is 1. The summed E-state index contributed by atoms with van der Waals surface area (Å²) >= 11 is 0. The van der Waals surface area contributed by atoms with E-state index in [1.165, 1.54) is 24.3 Å². The van der Waals surface area contributed by atoms with Gasteiger partial charge in [0.05, 0.1) is 4.90 Å².